The Morgan fingerprint density at radius 2 is 2.06 bits per heavy atom. The topological polar surface area (TPSA) is 115 Å². The zero-order valence-corrected chi connectivity index (χ0v) is 17.3. The van der Waals surface area contributed by atoms with Gasteiger partial charge in [0.15, 0.2) is 5.82 Å². The van der Waals surface area contributed by atoms with E-state index in [0.29, 0.717) is 35.8 Å². The van der Waals surface area contributed by atoms with Crippen molar-refractivity contribution in [3.63, 3.8) is 0 Å². The van der Waals surface area contributed by atoms with E-state index in [0.717, 1.165) is 25.7 Å². The Balaban J connectivity index is 1.66. The van der Waals surface area contributed by atoms with Crippen molar-refractivity contribution in [3.05, 3.63) is 33.4 Å². The number of rotatable bonds is 5. The molecule has 166 valence electrons. The summed E-state index contributed by atoms with van der Waals surface area (Å²) in [4.78, 5) is 26.4. The van der Waals surface area contributed by atoms with Crippen molar-refractivity contribution in [1.29, 1.82) is 0 Å². The molecule has 3 fully saturated rings. The fraction of sp³-hybridized carbons (Fsp3) is 0.545. The molecule has 0 spiro atoms. The number of aromatic nitrogens is 1. The first-order valence-corrected chi connectivity index (χ1v) is 10.7. The van der Waals surface area contributed by atoms with Crippen molar-refractivity contribution in [2.75, 3.05) is 23.7 Å². The number of pyridine rings is 1. The number of carbonyl (C=O) groups is 1. The average Bonchev–Trinajstić information content (AvgIpc) is 3.57. The number of halogens is 2. The first kappa shape index (κ1) is 20.2. The molecule has 0 bridgehead atoms. The van der Waals surface area contributed by atoms with Crippen LogP contribution in [0.2, 0.25) is 0 Å². The molecule has 1 aromatic carbocycles. The lowest BCUT2D eigenvalue weighted by Crippen LogP contribution is -2.28. The summed E-state index contributed by atoms with van der Waals surface area (Å²) in [5.41, 5.74) is 11.6. The van der Waals surface area contributed by atoms with Gasteiger partial charge in [0.1, 0.15) is 11.7 Å². The lowest BCUT2D eigenvalue weighted by Gasteiger charge is -2.26. The number of alkyl halides is 1. The Morgan fingerprint density at radius 1 is 1.39 bits per heavy atom. The quantitative estimate of drug-likeness (QED) is 0.626. The number of aryl methyl sites for hydroxylation is 1. The third kappa shape index (κ3) is 3.17. The van der Waals surface area contributed by atoms with Gasteiger partial charge in [-0.3, -0.25) is 4.79 Å². The number of anilines is 2. The fourth-order valence-corrected chi connectivity index (χ4v) is 5.15. The molecule has 2 aromatic rings. The molecule has 31 heavy (non-hydrogen) atoms. The standard InChI is InChI=1S/C22H26F2N4O3/c1-10-18-15(20(29)12(21(30)31)9-28(18)14-6-13(14)23)17(25)16(24)19(10)27-5-2-11(8-27)7-22(26)3-4-22/h9,11,13-14H,2-8,25-26H2,1H3,(H,30,31)/t11?,13-,14-/m1/s1. The number of aromatic carboxylic acids is 1. The minimum Gasteiger partial charge on any atom is -0.477 e. The van der Waals surface area contributed by atoms with Gasteiger partial charge in [-0.15, -0.1) is 0 Å². The third-order valence-electron chi connectivity index (χ3n) is 7.12. The number of carboxylic acid groups (broad SMARTS) is 1. The minimum absolute atomic E-state index is 0.0908. The van der Waals surface area contributed by atoms with Gasteiger partial charge in [-0.25, -0.2) is 13.6 Å². The van der Waals surface area contributed by atoms with Crippen LogP contribution in [0, 0.1) is 18.7 Å². The van der Waals surface area contributed by atoms with Crippen LogP contribution in [-0.2, 0) is 0 Å². The predicted molar refractivity (Wildman–Crippen MR) is 114 cm³/mol. The Labute approximate surface area is 177 Å². The van der Waals surface area contributed by atoms with Crippen molar-refractivity contribution in [2.45, 2.75) is 56.8 Å². The summed E-state index contributed by atoms with van der Waals surface area (Å²) in [5, 5.41) is 9.25. The summed E-state index contributed by atoms with van der Waals surface area (Å²) in [6, 6.07) is -0.587. The maximum absolute atomic E-state index is 15.5. The highest BCUT2D eigenvalue weighted by Crippen LogP contribution is 2.45. The first-order valence-electron chi connectivity index (χ1n) is 10.7. The molecule has 2 saturated carbocycles. The zero-order valence-electron chi connectivity index (χ0n) is 17.3. The predicted octanol–water partition coefficient (Wildman–Crippen LogP) is 2.72. The lowest BCUT2D eigenvalue weighted by atomic mass is 9.98. The van der Waals surface area contributed by atoms with Crippen LogP contribution in [0.4, 0.5) is 20.2 Å². The number of nitrogens with two attached hydrogens (primary N) is 2. The van der Waals surface area contributed by atoms with Crippen molar-refractivity contribution in [1.82, 2.24) is 4.57 Å². The van der Waals surface area contributed by atoms with Gasteiger partial charge in [0.05, 0.1) is 28.3 Å². The second-order valence-corrected chi connectivity index (χ2v) is 9.50. The third-order valence-corrected chi connectivity index (χ3v) is 7.12. The van der Waals surface area contributed by atoms with E-state index in [-0.39, 0.29) is 23.0 Å². The molecule has 5 N–H and O–H groups in total. The molecule has 2 heterocycles. The molecule has 1 unspecified atom stereocenters. The van der Waals surface area contributed by atoms with Crippen LogP contribution in [0.25, 0.3) is 10.9 Å². The van der Waals surface area contributed by atoms with Crippen molar-refractivity contribution in [3.8, 4) is 0 Å². The van der Waals surface area contributed by atoms with E-state index in [2.05, 4.69) is 0 Å². The second kappa shape index (κ2) is 6.66. The van der Waals surface area contributed by atoms with E-state index in [9.17, 15) is 19.1 Å². The monoisotopic (exact) mass is 432 g/mol. The first-order chi connectivity index (χ1) is 14.6. The molecule has 0 amide bonds. The van der Waals surface area contributed by atoms with E-state index >= 15 is 4.39 Å². The Bertz CT molecular complexity index is 1170. The van der Waals surface area contributed by atoms with Gasteiger partial charge >= 0.3 is 5.97 Å². The van der Waals surface area contributed by atoms with Crippen LogP contribution >= 0.6 is 0 Å². The van der Waals surface area contributed by atoms with Gasteiger partial charge in [0.2, 0.25) is 5.43 Å². The van der Waals surface area contributed by atoms with Gasteiger partial charge in [0.25, 0.3) is 0 Å². The van der Waals surface area contributed by atoms with Crippen molar-refractivity contribution < 1.29 is 18.7 Å². The molecule has 7 nitrogen and oxygen atoms in total. The molecular weight excluding hydrogens is 406 g/mol. The SMILES string of the molecule is Cc1c(N2CCC(CC3(N)CC3)C2)c(F)c(N)c2c(=O)c(C(=O)O)cn([C@@H]3C[C@H]3F)c12. The highest BCUT2D eigenvalue weighted by Gasteiger charge is 2.43. The number of hydrogen-bond donors (Lipinski definition) is 3. The van der Waals surface area contributed by atoms with Crippen LogP contribution in [0.15, 0.2) is 11.0 Å². The summed E-state index contributed by atoms with van der Waals surface area (Å²) in [6.45, 7) is 2.95. The molecule has 9 heteroatoms. The largest absolute Gasteiger partial charge is 0.477 e. The Kier molecular flexibility index (Phi) is 4.35. The zero-order chi connectivity index (χ0) is 22.2. The van der Waals surface area contributed by atoms with Crippen molar-refractivity contribution >= 4 is 28.2 Å². The van der Waals surface area contributed by atoms with Crippen LogP contribution in [0.3, 0.4) is 0 Å². The number of nitrogen functional groups attached to an aromatic ring is 1. The van der Waals surface area contributed by atoms with Gasteiger partial charge in [0, 0.05) is 31.2 Å². The normalized spacial score (nSPS) is 26.5. The molecule has 1 aliphatic heterocycles. The Morgan fingerprint density at radius 3 is 2.65 bits per heavy atom. The van der Waals surface area contributed by atoms with E-state index in [1.54, 1.807) is 6.92 Å². The lowest BCUT2D eigenvalue weighted by molar-refractivity contribution is 0.0694. The van der Waals surface area contributed by atoms with Gasteiger partial charge in [-0.05, 0) is 44.1 Å². The van der Waals surface area contributed by atoms with Crippen LogP contribution in [0.5, 0.6) is 0 Å². The average molecular weight is 432 g/mol. The van der Waals surface area contributed by atoms with Gasteiger partial charge < -0.3 is 26.0 Å². The van der Waals surface area contributed by atoms with Crippen LogP contribution < -0.4 is 21.8 Å². The maximum Gasteiger partial charge on any atom is 0.341 e. The minimum atomic E-state index is -1.45. The molecule has 2 aliphatic carbocycles. The number of hydrogen-bond acceptors (Lipinski definition) is 5. The van der Waals surface area contributed by atoms with E-state index < -0.39 is 35.0 Å². The summed E-state index contributed by atoms with van der Waals surface area (Å²) in [7, 11) is 0. The van der Waals surface area contributed by atoms with Crippen LogP contribution in [0.1, 0.15) is 54.1 Å². The van der Waals surface area contributed by atoms with Crippen molar-refractivity contribution in [2.24, 2.45) is 11.7 Å². The molecule has 5 rings (SSSR count). The van der Waals surface area contributed by atoms with E-state index in [4.69, 9.17) is 11.5 Å². The molecule has 1 saturated heterocycles. The summed E-state index contributed by atoms with van der Waals surface area (Å²) in [6.07, 6.45) is 4.06. The fourth-order valence-electron chi connectivity index (χ4n) is 5.15. The maximum atomic E-state index is 15.5. The van der Waals surface area contributed by atoms with E-state index in [1.807, 2.05) is 4.90 Å². The number of benzene rings is 1. The molecular formula is C22H26F2N4O3. The second-order valence-electron chi connectivity index (χ2n) is 9.50. The summed E-state index contributed by atoms with van der Waals surface area (Å²) in [5.74, 6) is -1.83. The smallest absolute Gasteiger partial charge is 0.341 e. The highest BCUT2D eigenvalue weighted by molar-refractivity contribution is 6.01. The summed E-state index contributed by atoms with van der Waals surface area (Å²) < 4.78 is 30.9. The summed E-state index contributed by atoms with van der Waals surface area (Å²) >= 11 is 0. The highest BCUT2D eigenvalue weighted by atomic mass is 19.1. The molecule has 3 atom stereocenters. The van der Waals surface area contributed by atoms with E-state index in [1.165, 1.54) is 10.8 Å². The number of carboxylic acids is 1. The molecule has 1 aromatic heterocycles. The van der Waals surface area contributed by atoms with Gasteiger partial charge in [-0.2, -0.15) is 0 Å². The Hall–Kier alpha value is -2.68. The number of nitrogens with zero attached hydrogens (tertiary/aromatic N) is 2. The van der Waals surface area contributed by atoms with Crippen LogP contribution in [-0.4, -0.2) is 40.4 Å². The molecule has 0 radical (unpaired) electrons. The molecule has 3 aliphatic rings. The van der Waals surface area contributed by atoms with Gasteiger partial charge in [-0.1, -0.05) is 0 Å². The number of fused-ring (bicyclic) bond motifs is 1.